The molecule has 2 rings (SSSR count). The van der Waals surface area contributed by atoms with E-state index in [1.807, 2.05) is 45.1 Å². The molecule has 1 aromatic carbocycles. The zero-order chi connectivity index (χ0) is 25.7. The van der Waals surface area contributed by atoms with E-state index in [0.717, 1.165) is 12.1 Å². The second-order valence-corrected chi connectivity index (χ2v) is 10.2. The van der Waals surface area contributed by atoms with E-state index in [0.29, 0.717) is 41.7 Å². The Morgan fingerprint density at radius 1 is 1.26 bits per heavy atom. The first kappa shape index (κ1) is 36.7. The summed E-state index contributed by atoms with van der Waals surface area (Å²) >= 11 is 17.8. The summed E-state index contributed by atoms with van der Waals surface area (Å²) in [6, 6.07) is 5.38. The second kappa shape index (κ2) is 18.7. The van der Waals surface area contributed by atoms with Crippen molar-refractivity contribution in [1.82, 2.24) is 10.6 Å². The summed E-state index contributed by atoms with van der Waals surface area (Å²) in [5.41, 5.74) is 0.542. The van der Waals surface area contributed by atoms with Gasteiger partial charge in [-0.05, 0) is 65.6 Å². The molecule has 1 aliphatic rings. The van der Waals surface area contributed by atoms with Gasteiger partial charge in [0.25, 0.3) is 6.47 Å². The predicted molar refractivity (Wildman–Crippen MR) is 144 cm³/mol. The standard InChI is InChI=1S/C16H22Cl2N4OS.C5H10O2.CH4S.K/c1-16(19-2,24-3)8-6-15(23)20-14-7-9-22(21-14)11-4-5-12(17)13(18)10-11;1-5(2,3)7-4-6;1-2;/h4-5,10,19H,6-9H2,1-3H3,(H,20,21,23);4H,1-3H3;2H,1H3;/q;;;+1/p-1. The zero-order valence-corrected chi connectivity index (χ0v) is 27.6. The molecule has 0 radical (unpaired) electrons. The number of carbonyl (C=O) groups excluding carboxylic acids is 2. The fourth-order valence-electron chi connectivity index (χ4n) is 2.43. The molecule has 1 amide bonds. The summed E-state index contributed by atoms with van der Waals surface area (Å²) in [7, 11) is 1.91. The van der Waals surface area contributed by atoms with Crippen molar-refractivity contribution in [3.8, 4) is 0 Å². The number of nitrogens with one attached hydrogen (secondary N) is 2. The third-order valence-electron chi connectivity index (χ3n) is 4.50. The predicted octanol–water partition coefficient (Wildman–Crippen LogP) is 1.84. The first-order valence-corrected chi connectivity index (χ1v) is 13.1. The molecule has 0 saturated heterocycles. The molecule has 34 heavy (non-hydrogen) atoms. The topological polar surface area (TPSA) is 83.0 Å². The summed E-state index contributed by atoms with van der Waals surface area (Å²) in [4.78, 5) is 21.6. The van der Waals surface area contributed by atoms with E-state index in [2.05, 4.69) is 40.0 Å². The van der Waals surface area contributed by atoms with E-state index < -0.39 is 0 Å². The molecule has 0 aliphatic carbocycles. The van der Waals surface area contributed by atoms with Crippen LogP contribution in [0.25, 0.3) is 0 Å². The molecule has 1 atom stereocenters. The van der Waals surface area contributed by atoms with Crippen LogP contribution in [0.1, 0.15) is 47.0 Å². The minimum absolute atomic E-state index is 0. The number of thioether (sulfide) groups is 1. The first-order valence-electron chi connectivity index (χ1n) is 10.3. The van der Waals surface area contributed by atoms with Crippen LogP contribution in [0, 0.1) is 0 Å². The largest absolute Gasteiger partial charge is 1.00 e. The van der Waals surface area contributed by atoms with Gasteiger partial charge in [-0.3, -0.25) is 14.6 Å². The molecule has 0 saturated carbocycles. The number of hydrazone groups is 1. The van der Waals surface area contributed by atoms with Crippen LogP contribution in [-0.2, 0) is 27.0 Å². The van der Waals surface area contributed by atoms with Crippen LogP contribution in [0.3, 0.4) is 0 Å². The van der Waals surface area contributed by atoms with Crippen molar-refractivity contribution in [1.29, 1.82) is 0 Å². The van der Waals surface area contributed by atoms with E-state index in [-0.39, 0.29) is 67.8 Å². The summed E-state index contributed by atoms with van der Waals surface area (Å²) in [5.74, 6) is 0.668. The number of carbonyl (C=O) groups is 2. The van der Waals surface area contributed by atoms with Gasteiger partial charge < -0.3 is 28.0 Å². The van der Waals surface area contributed by atoms with Gasteiger partial charge in [0.15, 0.2) is 0 Å². The Labute approximate surface area is 266 Å². The van der Waals surface area contributed by atoms with Crippen LogP contribution >= 0.6 is 35.0 Å². The number of anilines is 1. The smallest absolute Gasteiger partial charge is 0.796 e. The molecular formula is C22H35Cl2KN4O3S2. The first-order chi connectivity index (χ1) is 15.4. The fourth-order valence-corrected chi connectivity index (χ4v) is 3.23. The molecular weight excluding hydrogens is 542 g/mol. The number of nitrogens with zero attached hydrogens (tertiary/aromatic N) is 2. The molecule has 1 aliphatic heterocycles. The van der Waals surface area contributed by atoms with Crippen LogP contribution in [0.4, 0.5) is 5.69 Å². The molecule has 0 aromatic heterocycles. The van der Waals surface area contributed by atoms with Crippen LogP contribution in [0.2, 0.25) is 10.0 Å². The normalized spacial score (nSPS) is 14.2. The maximum atomic E-state index is 12.1. The van der Waals surface area contributed by atoms with Crippen molar-refractivity contribution >= 4 is 71.5 Å². The Hall–Kier alpha value is 0.506. The molecule has 1 heterocycles. The minimum Gasteiger partial charge on any atom is -0.796 e. The third kappa shape index (κ3) is 14.9. The molecule has 7 nitrogen and oxygen atoms in total. The van der Waals surface area contributed by atoms with Gasteiger partial charge >= 0.3 is 51.4 Å². The fraction of sp³-hybridized carbons (Fsp3) is 0.591. The van der Waals surface area contributed by atoms with Crippen LogP contribution < -0.4 is 67.0 Å². The molecule has 1 unspecified atom stereocenters. The number of halogens is 2. The van der Waals surface area contributed by atoms with Gasteiger partial charge in [-0.15, -0.1) is 11.8 Å². The van der Waals surface area contributed by atoms with Crippen LogP contribution in [0.5, 0.6) is 0 Å². The van der Waals surface area contributed by atoms with Gasteiger partial charge in [0.2, 0.25) is 5.91 Å². The van der Waals surface area contributed by atoms with Gasteiger partial charge in [-0.2, -0.15) is 11.4 Å². The average Bonchev–Trinajstić information content (AvgIpc) is 3.23. The number of ether oxygens (including phenoxy) is 1. The van der Waals surface area contributed by atoms with Crippen LogP contribution in [-0.4, -0.2) is 54.8 Å². The number of hydrogen-bond acceptors (Lipinski definition) is 8. The van der Waals surface area contributed by atoms with E-state index in [1.165, 1.54) is 0 Å². The van der Waals surface area contributed by atoms with Crippen molar-refractivity contribution in [2.45, 2.75) is 57.4 Å². The SMILES string of the molecule is CC(C)(C)OC=O.CNC(C)(CCC(=O)NC1=NN(c2ccc(Cl)c(Cl)c2)CC1)SC.C[S-].[K+]. The Morgan fingerprint density at radius 2 is 1.88 bits per heavy atom. The Kier molecular flexibility index (Phi) is 20.2. The van der Waals surface area contributed by atoms with Crippen molar-refractivity contribution in [3.05, 3.63) is 28.2 Å². The number of amides is 1. The van der Waals surface area contributed by atoms with Crippen LogP contribution in [0.15, 0.2) is 23.3 Å². The Balaban J connectivity index is 0. The summed E-state index contributed by atoms with van der Waals surface area (Å²) in [6.45, 7) is 8.71. The van der Waals surface area contributed by atoms with Gasteiger partial charge in [0, 0.05) is 19.4 Å². The Bertz CT molecular complexity index is 792. The number of hydrogen-bond donors (Lipinski definition) is 2. The summed E-state index contributed by atoms with van der Waals surface area (Å²) in [6.07, 6.45) is 5.51. The minimum atomic E-state index is -0.318. The molecule has 0 fully saturated rings. The van der Waals surface area contributed by atoms with E-state index in [4.69, 9.17) is 23.2 Å². The molecule has 0 spiro atoms. The second-order valence-electron chi connectivity index (χ2n) is 8.08. The van der Waals surface area contributed by atoms with Gasteiger partial charge in [0.1, 0.15) is 11.4 Å². The molecule has 12 heteroatoms. The Morgan fingerprint density at radius 3 is 2.32 bits per heavy atom. The molecule has 0 bridgehead atoms. The van der Waals surface area contributed by atoms with E-state index >= 15 is 0 Å². The zero-order valence-electron chi connectivity index (χ0n) is 21.3. The van der Waals surface area contributed by atoms with Crippen molar-refractivity contribution in [2.24, 2.45) is 5.10 Å². The maximum absolute atomic E-state index is 12.1. The molecule has 1 aromatic rings. The summed E-state index contributed by atoms with van der Waals surface area (Å²) < 4.78 is 4.55. The van der Waals surface area contributed by atoms with Crippen molar-refractivity contribution in [2.75, 3.05) is 31.1 Å². The van der Waals surface area contributed by atoms with Crippen molar-refractivity contribution < 1.29 is 65.7 Å². The van der Waals surface area contributed by atoms with E-state index in [1.54, 1.807) is 30.2 Å². The molecule has 188 valence electrons. The van der Waals surface area contributed by atoms with E-state index in [9.17, 15) is 9.59 Å². The average molecular weight is 578 g/mol. The van der Waals surface area contributed by atoms with Gasteiger partial charge in [-0.1, -0.05) is 23.2 Å². The number of rotatable bonds is 7. The van der Waals surface area contributed by atoms with Crippen molar-refractivity contribution in [3.63, 3.8) is 0 Å². The maximum Gasteiger partial charge on any atom is 1.00 e. The number of amidine groups is 1. The van der Waals surface area contributed by atoms with Gasteiger partial charge in [0.05, 0.1) is 20.6 Å². The molecule has 2 N–H and O–H groups in total. The third-order valence-corrected chi connectivity index (χ3v) is 6.55. The monoisotopic (exact) mass is 576 g/mol. The quantitative estimate of drug-likeness (QED) is 0.222. The number of benzene rings is 1. The summed E-state index contributed by atoms with van der Waals surface area (Å²) in [5, 5.41) is 13.4. The van der Waals surface area contributed by atoms with Gasteiger partial charge in [-0.25, -0.2) is 0 Å².